The Morgan fingerprint density at radius 2 is 1.82 bits per heavy atom. The molecule has 0 unspecified atom stereocenters. The molecule has 28 heavy (non-hydrogen) atoms. The second kappa shape index (κ2) is 7.37. The van der Waals surface area contributed by atoms with E-state index in [9.17, 15) is 10.1 Å². The van der Waals surface area contributed by atoms with Gasteiger partial charge in [0.05, 0.1) is 11.9 Å². The number of rotatable bonds is 2. The highest BCUT2D eigenvalue weighted by molar-refractivity contribution is 7.81. The Kier molecular flexibility index (Phi) is 4.76. The third-order valence-electron chi connectivity index (χ3n) is 4.91. The van der Waals surface area contributed by atoms with Crippen molar-refractivity contribution >= 4 is 45.4 Å². The molecule has 1 aliphatic heterocycles. The SMILES string of the molecule is Cc1ccc(N2CCCC(=O)N(c3cnc(C#N)c4ccccc34)C2=S)cc1. The van der Waals surface area contributed by atoms with E-state index in [-0.39, 0.29) is 5.91 Å². The van der Waals surface area contributed by atoms with Gasteiger partial charge in [0.1, 0.15) is 11.8 Å². The summed E-state index contributed by atoms with van der Waals surface area (Å²) < 4.78 is 0. The van der Waals surface area contributed by atoms with Gasteiger partial charge in [0.15, 0.2) is 5.11 Å². The van der Waals surface area contributed by atoms with Crippen LogP contribution in [0.4, 0.5) is 11.4 Å². The van der Waals surface area contributed by atoms with Crippen molar-refractivity contribution in [3.63, 3.8) is 0 Å². The molecule has 4 rings (SSSR count). The molecule has 0 aliphatic carbocycles. The van der Waals surface area contributed by atoms with Crippen molar-refractivity contribution in [2.24, 2.45) is 0 Å². The summed E-state index contributed by atoms with van der Waals surface area (Å²) in [5.41, 5.74) is 3.08. The summed E-state index contributed by atoms with van der Waals surface area (Å²) in [6.07, 6.45) is 2.69. The number of pyridine rings is 1. The zero-order chi connectivity index (χ0) is 19.7. The first-order valence-corrected chi connectivity index (χ1v) is 9.50. The van der Waals surface area contributed by atoms with Gasteiger partial charge in [-0.15, -0.1) is 0 Å². The van der Waals surface area contributed by atoms with E-state index < -0.39 is 0 Å². The maximum absolute atomic E-state index is 13.0. The average molecular weight is 386 g/mol. The molecule has 0 bridgehead atoms. The van der Waals surface area contributed by atoms with Crippen molar-refractivity contribution in [3.8, 4) is 6.07 Å². The Hall–Kier alpha value is -3.30. The fourth-order valence-electron chi connectivity index (χ4n) is 3.47. The molecule has 0 N–H and O–H groups in total. The number of anilines is 2. The molecule has 1 amide bonds. The highest BCUT2D eigenvalue weighted by atomic mass is 32.1. The number of aromatic nitrogens is 1. The second-order valence-electron chi connectivity index (χ2n) is 6.75. The van der Waals surface area contributed by atoms with E-state index in [0.717, 1.165) is 11.1 Å². The Balaban J connectivity index is 1.85. The van der Waals surface area contributed by atoms with Crippen LogP contribution in [0.3, 0.4) is 0 Å². The highest BCUT2D eigenvalue weighted by Crippen LogP contribution is 2.31. The molecule has 1 fully saturated rings. The van der Waals surface area contributed by atoms with Gasteiger partial charge in [0.2, 0.25) is 5.91 Å². The lowest BCUT2D eigenvalue weighted by Gasteiger charge is -2.30. The van der Waals surface area contributed by atoms with Gasteiger partial charge in [-0.25, -0.2) is 4.98 Å². The molecule has 1 aliphatic rings. The van der Waals surface area contributed by atoms with E-state index in [0.29, 0.717) is 41.3 Å². The lowest BCUT2D eigenvalue weighted by Crippen LogP contribution is -2.44. The summed E-state index contributed by atoms with van der Waals surface area (Å²) in [6, 6.07) is 17.7. The molecule has 0 atom stereocenters. The van der Waals surface area contributed by atoms with Crippen molar-refractivity contribution in [3.05, 3.63) is 66.0 Å². The molecule has 0 radical (unpaired) electrons. The standard InChI is InChI=1S/C22H18N4OS/c1-15-8-10-16(11-9-15)25-12-4-7-21(27)26(22(25)28)20-14-24-19(13-23)17-5-2-3-6-18(17)20/h2-3,5-6,8-11,14H,4,7,12H2,1H3. The smallest absolute Gasteiger partial charge is 0.233 e. The first-order chi connectivity index (χ1) is 13.6. The average Bonchev–Trinajstić information content (AvgIpc) is 2.86. The highest BCUT2D eigenvalue weighted by Gasteiger charge is 2.30. The van der Waals surface area contributed by atoms with Crippen molar-refractivity contribution in [1.29, 1.82) is 5.26 Å². The molecule has 5 nitrogen and oxygen atoms in total. The lowest BCUT2D eigenvalue weighted by molar-refractivity contribution is -0.117. The zero-order valence-electron chi connectivity index (χ0n) is 15.4. The van der Waals surface area contributed by atoms with Crippen LogP contribution >= 0.6 is 12.2 Å². The van der Waals surface area contributed by atoms with E-state index in [1.165, 1.54) is 5.56 Å². The van der Waals surface area contributed by atoms with Crippen LogP contribution in [-0.2, 0) is 4.79 Å². The molecule has 2 heterocycles. The fourth-order valence-corrected chi connectivity index (χ4v) is 3.87. The number of carbonyl (C=O) groups is 1. The number of nitrogens with zero attached hydrogens (tertiary/aromatic N) is 4. The van der Waals surface area contributed by atoms with E-state index >= 15 is 0 Å². The van der Waals surface area contributed by atoms with Gasteiger partial charge >= 0.3 is 0 Å². The van der Waals surface area contributed by atoms with Crippen molar-refractivity contribution in [2.45, 2.75) is 19.8 Å². The molecule has 3 aromatic rings. The van der Waals surface area contributed by atoms with Crippen LogP contribution in [0.5, 0.6) is 0 Å². The minimum absolute atomic E-state index is 0.0590. The molecule has 2 aromatic carbocycles. The number of hydrogen-bond acceptors (Lipinski definition) is 4. The maximum atomic E-state index is 13.0. The van der Waals surface area contributed by atoms with Crippen molar-refractivity contribution < 1.29 is 4.79 Å². The Labute approximate surface area is 168 Å². The molecular weight excluding hydrogens is 368 g/mol. The van der Waals surface area contributed by atoms with Crippen LogP contribution in [0.15, 0.2) is 54.7 Å². The van der Waals surface area contributed by atoms with Gasteiger partial charge in [-0.1, -0.05) is 42.0 Å². The zero-order valence-corrected chi connectivity index (χ0v) is 16.2. The van der Waals surface area contributed by atoms with Gasteiger partial charge < -0.3 is 4.90 Å². The molecule has 0 spiro atoms. The molecule has 138 valence electrons. The van der Waals surface area contributed by atoms with Crippen molar-refractivity contribution in [2.75, 3.05) is 16.3 Å². The first kappa shape index (κ1) is 18.1. The van der Waals surface area contributed by atoms with Gasteiger partial charge in [0.25, 0.3) is 0 Å². The van der Waals surface area contributed by atoms with Gasteiger partial charge in [-0.2, -0.15) is 5.26 Å². The maximum Gasteiger partial charge on any atom is 0.233 e. The minimum atomic E-state index is -0.0590. The van der Waals surface area contributed by atoms with Gasteiger partial charge in [-0.05, 0) is 37.7 Å². The quantitative estimate of drug-likeness (QED) is 0.614. The Morgan fingerprint density at radius 1 is 1.11 bits per heavy atom. The van der Waals surface area contributed by atoms with Crippen LogP contribution in [0.2, 0.25) is 0 Å². The van der Waals surface area contributed by atoms with E-state index in [2.05, 4.69) is 11.1 Å². The molecule has 6 heteroatoms. The van der Waals surface area contributed by atoms with Crippen LogP contribution < -0.4 is 9.80 Å². The third-order valence-corrected chi connectivity index (χ3v) is 5.31. The number of amides is 1. The lowest BCUT2D eigenvalue weighted by atomic mass is 10.1. The summed E-state index contributed by atoms with van der Waals surface area (Å²) in [5, 5.41) is 11.3. The molecular formula is C22H18N4OS. The number of thiocarbonyl (C=S) groups is 1. The molecule has 1 saturated heterocycles. The first-order valence-electron chi connectivity index (χ1n) is 9.09. The van der Waals surface area contributed by atoms with E-state index in [1.807, 2.05) is 60.4 Å². The normalized spacial score (nSPS) is 14.9. The van der Waals surface area contributed by atoms with Crippen LogP contribution in [0.25, 0.3) is 10.8 Å². The van der Waals surface area contributed by atoms with E-state index in [4.69, 9.17) is 12.2 Å². The molecule has 0 saturated carbocycles. The number of nitriles is 1. The topological polar surface area (TPSA) is 60.2 Å². The minimum Gasteiger partial charge on any atom is -0.318 e. The Morgan fingerprint density at radius 3 is 2.54 bits per heavy atom. The monoisotopic (exact) mass is 386 g/mol. The predicted molar refractivity (Wildman–Crippen MR) is 114 cm³/mol. The fraction of sp³-hybridized carbons (Fsp3) is 0.182. The summed E-state index contributed by atoms with van der Waals surface area (Å²) >= 11 is 5.77. The molecule has 1 aromatic heterocycles. The van der Waals surface area contributed by atoms with Crippen LogP contribution in [0.1, 0.15) is 24.1 Å². The summed E-state index contributed by atoms with van der Waals surface area (Å²) in [7, 11) is 0. The number of hydrogen-bond donors (Lipinski definition) is 0. The number of fused-ring (bicyclic) bond motifs is 1. The van der Waals surface area contributed by atoms with Crippen molar-refractivity contribution in [1.82, 2.24) is 4.98 Å². The Bertz CT molecular complexity index is 1120. The van der Waals surface area contributed by atoms with E-state index in [1.54, 1.807) is 11.1 Å². The number of aryl methyl sites for hydroxylation is 1. The second-order valence-corrected chi connectivity index (χ2v) is 7.12. The van der Waals surface area contributed by atoms with Crippen LogP contribution in [0, 0.1) is 18.3 Å². The van der Waals surface area contributed by atoms with Crippen LogP contribution in [-0.4, -0.2) is 22.5 Å². The number of carbonyl (C=O) groups excluding carboxylic acids is 1. The largest absolute Gasteiger partial charge is 0.318 e. The van der Waals surface area contributed by atoms with Gasteiger partial charge in [0, 0.05) is 29.4 Å². The van der Waals surface area contributed by atoms with Gasteiger partial charge in [-0.3, -0.25) is 9.69 Å². The third kappa shape index (κ3) is 3.10. The predicted octanol–water partition coefficient (Wildman–Crippen LogP) is 4.33. The summed E-state index contributed by atoms with van der Waals surface area (Å²) in [6.45, 7) is 2.71. The summed E-state index contributed by atoms with van der Waals surface area (Å²) in [4.78, 5) is 20.8. The summed E-state index contributed by atoms with van der Waals surface area (Å²) in [5.74, 6) is -0.0590. The number of benzene rings is 2.